The summed E-state index contributed by atoms with van der Waals surface area (Å²) in [4.78, 5) is 8.13. The zero-order valence-corrected chi connectivity index (χ0v) is 12.4. The minimum absolute atomic E-state index is 0.670. The van der Waals surface area contributed by atoms with Gasteiger partial charge in [0.05, 0.1) is 5.69 Å². The SMILES string of the molecule is c1ccc(-c2nnc(Cc3cncnc3)c3ccccc23)cc1. The lowest BCUT2D eigenvalue weighted by molar-refractivity contribution is 0.950. The molecular formula is C19H14N4. The first-order valence-electron chi connectivity index (χ1n) is 7.45. The van der Waals surface area contributed by atoms with Gasteiger partial charge in [-0.1, -0.05) is 54.6 Å². The molecule has 2 aromatic heterocycles. The Labute approximate surface area is 133 Å². The molecule has 4 nitrogen and oxygen atoms in total. The number of hydrogen-bond acceptors (Lipinski definition) is 4. The Kier molecular flexibility index (Phi) is 3.48. The van der Waals surface area contributed by atoms with E-state index >= 15 is 0 Å². The van der Waals surface area contributed by atoms with E-state index in [4.69, 9.17) is 0 Å². The van der Waals surface area contributed by atoms with Crippen molar-refractivity contribution < 1.29 is 0 Å². The molecule has 0 atom stereocenters. The number of rotatable bonds is 3. The standard InChI is InChI=1S/C19H14N4/c1-2-6-15(7-3-1)19-17-9-5-4-8-16(17)18(22-23-19)10-14-11-20-13-21-12-14/h1-9,11-13H,10H2. The van der Waals surface area contributed by atoms with Crippen LogP contribution in [0.4, 0.5) is 0 Å². The first-order valence-corrected chi connectivity index (χ1v) is 7.45. The molecular weight excluding hydrogens is 284 g/mol. The fourth-order valence-corrected chi connectivity index (χ4v) is 2.71. The molecule has 0 aliphatic rings. The highest BCUT2D eigenvalue weighted by molar-refractivity contribution is 5.95. The van der Waals surface area contributed by atoms with E-state index in [1.165, 1.54) is 6.33 Å². The van der Waals surface area contributed by atoms with Crippen LogP contribution in [0.25, 0.3) is 22.0 Å². The van der Waals surface area contributed by atoms with Gasteiger partial charge in [0.2, 0.25) is 0 Å². The van der Waals surface area contributed by atoms with Crippen LogP contribution in [0.15, 0.2) is 73.3 Å². The van der Waals surface area contributed by atoms with E-state index < -0.39 is 0 Å². The molecule has 0 saturated carbocycles. The quantitative estimate of drug-likeness (QED) is 0.579. The van der Waals surface area contributed by atoms with E-state index in [1.54, 1.807) is 0 Å². The molecule has 0 radical (unpaired) electrons. The number of benzene rings is 2. The summed E-state index contributed by atoms with van der Waals surface area (Å²) in [5.74, 6) is 0. The van der Waals surface area contributed by atoms with E-state index in [9.17, 15) is 0 Å². The Morgan fingerprint density at radius 3 is 2.17 bits per heavy atom. The van der Waals surface area contributed by atoms with Crippen molar-refractivity contribution in [3.63, 3.8) is 0 Å². The van der Waals surface area contributed by atoms with Gasteiger partial charge in [-0.3, -0.25) is 0 Å². The van der Waals surface area contributed by atoms with Crippen LogP contribution in [-0.4, -0.2) is 20.2 Å². The first kappa shape index (κ1) is 13.5. The molecule has 0 N–H and O–H groups in total. The number of fused-ring (bicyclic) bond motifs is 1. The van der Waals surface area contributed by atoms with Crippen LogP contribution >= 0.6 is 0 Å². The molecule has 0 spiro atoms. The molecule has 0 aliphatic carbocycles. The third-order valence-electron chi connectivity index (χ3n) is 3.80. The van der Waals surface area contributed by atoms with Crippen LogP contribution in [-0.2, 0) is 6.42 Å². The van der Waals surface area contributed by atoms with Crippen LogP contribution in [0, 0.1) is 0 Å². The van der Waals surface area contributed by atoms with Crippen molar-refractivity contribution in [1.29, 1.82) is 0 Å². The molecule has 2 heterocycles. The summed E-state index contributed by atoms with van der Waals surface area (Å²) >= 11 is 0. The molecule has 0 fully saturated rings. The maximum absolute atomic E-state index is 4.48. The molecule has 0 saturated heterocycles. The normalized spacial score (nSPS) is 10.8. The van der Waals surface area contributed by atoms with Gasteiger partial charge in [0.15, 0.2) is 0 Å². The fourth-order valence-electron chi connectivity index (χ4n) is 2.71. The Morgan fingerprint density at radius 2 is 1.39 bits per heavy atom. The van der Waals surface area contributed by atoms with Gasteiger partial charge in [-0.25, -0.2) is 9.97 Å². The second-order valence-electron chi connectivity index (χ2n) is 5.33. The van der Waals surface area contributed by atoms with Gasteiger partial charge in [-0.2, -0.15) is 5.10 Å². The second-order valence-corrected chi connectivity index (χ2v) is 5.33. The Balaban J connectivity index is 1.86. The highest BCUT2D eigenvalue weighted by atomic mass is 15.1. The van der Waals surface area contributed by atoms with Gasteiger partial charge in [-0.05, 0) is 5.56 Å². The third-order valence-corrected chi connectivity index (χ3v) is 3.80. The molecule has 4 rings (SSSR count). The lowest BCUT2D eigenvalue weighted by Crippen LogP contribution is -2.00. The molecule has 110 valence electrons. The van der Waals surface area contributed by atoms with Gasteiger partial charge in [0, 0.05) is 35.2 Å². The number of nitrogens with zero attached hydrogens (tertiary/aromatic N) is 4. The average Bonchev–Trinajstić information content (AvgIpc) is 2.64. The summed E-state index contributed by atoms with van der Waals surface area (Å²) < 4.78 is 0. The van der Waals surface area contributed by atoms with E-state index in [-0.39, 0.29) is 0 Å². The lowest BCUT2D eigenvalue weighted by Gasteiger charge is -2.09. The predicted octanol–water partition coefficient (Wildman–Crippen LogP) is 3.68. The highest BCUT2D eigenvalue weighted by Gasteiger charge is 2.11. The highest BCUT2D eigenvalue weighted by Crippen LogP contribution is 2.28. The summed E-state index contributed by atoms with van der Waals surface area (Å²) in [5, 5.41) is 11.2. The molecule has 0 amide bonds. The second kappa shape index (κ2) is 5.93. The maximum atomic E-state index is 4.48. The van der Waals surface area contributed by atoms with Crippen LogP contribution in [0.3, 0.4) is 0 Å². The molecule has 4 aromatic rings. The molecule has 0 bridgehead atoms. The summed E-state index contributed by atoms with van der Waals surface area (Å²) in [6.45, 7) is 0. The Morgan fingerprint density at radius 1 is 0.696 bits per heavy atom. The van der Waals surface area contributed by atoms with Crippen molar-refractivity contribution in [2.75, 3.05) is 0 Å². The molecule has 23 heavy (non-hydrogen) atoms. The zero-order chi connectivity index (χ0) is 15.5. The summed E-state index contributed by atoms with van der Waals surface area (Å²) in [5.41, 5.74) is 3.95. The Bertz CT molecular complexity index is 937. The molecule has 4 heteroatoms. The van der Waals surface area contributed by atoms with Crippen LogP contribution in [0.2, 0.25) is 0 Å². The lowest BCUT2D eigenvalue weighted by atomic mass is 10.0. The van der Waals surface area contributed by atoms with Crippen LogP contribution < -0.4 is 0 Å². The largest absolute Gasteiger partial charge is 0.245 e. The minimum Gasteiger partial charge on any atom is -0.245 e. The predicted molar refractivity (Wildman–Crippen MR) is 89.8 cm³/mol. The summed E-state index contributed by atoms with van der Waals surface area (Å²) in [6.07, 6.45) is 5.83. The van der Waals surface area contributed by atoms with Crippen molar-refractivity contribution in [2.45, 2.75) is 6.42 Å². The van der Waals surface area contributed by atoms with Crippen molar-refractivity contribution in [3.05, 3.63) is 84.6 Å². The van der Waals surface area contributed by atoms with Gasteiger partial charge in [0.25, 0.3) is 0 Å². The zero-order valence-electron chi connectivity index (χ0n) is 12.4. The van der Waals surface area contributed by atoms with E-state index in [1.807, 2.05) is 42.7 Å². The van der Waals surface area contributed by atoms with Crippen molar-refractivity contribution in [1.82, 2.24) is 20.2 Å². The van der Waals surface area contributed by atoms with Crippen molar-refractivity contribution in [2.24, 2.45) is 0 Å². The van der Waals surface area contributed by atoms with Gasteiger partial charge < -0.3 is 0 Å². The number of hydrogen-bond donors (Lipinski definition) is 0. The van der Waals surface area contributed by atoms with Crippen molar-refractivity contribution in [3.8, 4) is 11.3 Å². The van der Waals surface area contributed by atoms with E-state index in [0.29, 0.717) is 6.42 Å². The van der Waals surface area contributed by atoms with E-state index in [0.717, 1.165) is 33.3 Å². The first-order chi connectivity index (χ1) is 11.4. The minimum atomic E-state index is 0.670. The van der Waals surface area contributed by atoms with Crippen molar-refractivity contribution >= 4 is 10.8 Å². The van der Waals surface area contributed by atoms with Crippen LogP contribution in [0.5, 0.6) is 0 Å². The smallest absolute Gasteiger partial charge is 0.115 e. The Hall–Kier alpha value is -3.14. The molecule has 0 aliphatic heterocycles. The average molecular weight is 298 g/mol. The fraction of sp³-hybridized carbons (Fsp3) is 0.0526. The third kappa shape index (κ3) is 2.66. The monoisotopic (exact) mass is 298 g/mol. The van der Waals surface area contributed by atoms with Gasteiger partial charge in [0.1, 0.15) is 12.0 Å². The summed E-state index contributed by atoms with van der Waals surface area (Å²) in [7, 11) is 0. The number of aromatic nitrogens is 4. The molecule has 0 unspecified atom stereocenters. The van der Waals surface area contributed by atoms with Gasteiger partial charge >= 0.3 is 0 Å². The van der Waals surface area contributed by atoms with Gasteiger partial charge in [-0.15, -0.1) is 5.10 Å². The van der Waals surface area contributed by atoms with E-state index in [2.05, 4.69) is 44.4 Å². The summed E-state index contributed by atoms with van der Waals surface area (Å²) in [6, 6.07) is 18.4. The topological polar surface area (TPSA) is 51.6 Å². The maximum Gasteiger partial charge on any atom is 0.115 e. The van der Waals surface area contributed by atoms with Crippen LogP contribution in [0.1, 0.15) is 11.3 Å². The molecule has 2 aromatic carbocycles.